The fourth-order valence-electron chi connectivity index (χ4n) is 1.39. The van der Waals surface area contributed by atoms with Gasteiger partial charge in [0.15, 0.2) is 0 Å². The summed E-state index contributed by atoms with van der Waals surface area (Å²) < 4.78 is 4.92. The SMILES string of the molecule is CC(C)[Si](C)(C)[n+]1ccn([Si](C)(C)C)c1. The average Bonchev–Trinajstić information content (AvgIpc) is 2.50. The summed E-state index contributed by atoms with van der Waals surface area (Å²) in [5.74, 6) is 0. The monoisotopic (exact) mass is 241 g/mol. The van der Waals surface area contributed by atoms with Crippen molar-refractivity contribution in [1.82, 2.24) is 4.23 Å². The van der Waals surface area contributed by atoms with Crippen LogP contribution in [0.3, 0.4) is 0 Å². The van der Waals surface area contributed by atoms with E-state index in [2.05, 4.69) is 73.8 Å². The molecule has 1 rings (SSSR count). The molecule has 0 radical (unpaired) electrons. The van der Waals surface area contributed by atoms with Gasteiger partial charge in [0.05, 0.1) is 0 Å². The van der Waals surface area contributed by atoms with Crippen LogP contribution in [-0.4, -0.2) is 20.7 Å². The second kappa shape index (κ2) is 3.90. The zero-order valence-corrected chi connectivity index (χ0v) is 13.2. The number of imidazole rings is 1. The Balaban J connectivity index is 3.04. The van der Waals surface area contributed by atoms with Crippen molar-refractivity contribution in [3.8, 4) is 0 Å². The molecule has 0 N–H and O–H groups in total. The molecule has 0 aliphatic rings. The van der Waals surface area contributed by atoms with Gasteiger partial charge in [0, 0.05) is 0 Å². The fourth-order valence-corrected chi connectivity index (χ4v) is 3.96. The predicted molar refractivity (Wildman–Crippen MR) is 71.3 cm³/mol. The second-order valence-corrected chi connectivity index (χ2v) is 16.0. The molecule has 0 atom stereocenters. The minimum absolute atomic E-state index is 0.778. The summed E-state index contributed by atoms with van der Waals surface area (Å²) in [6, 6.07) is 0. The lowest BCUT2D eigenvalue weighted by molar-refractivity contribution is -0.546. The summed E-state index contributed by atoms with van der Waals surface area (Å²) in [5.41, 5.74) is 0.778. The molecule has 15 heavy (non-hydrogen) atoms. The van der Waals surface area contributed by atoms with Crippen molar-refractivity contribution < 1.29 is 4.23 Å². The van der Waals surface area contributed by atoms with E-state index in [1.165, 1.54) is 0 Å². The molecule has 86 valence electrons. The summed E-state index contributed by atoms with van der Waals surface area (Å²) in [7, 11) is -2.50. The Hall–Kier alpha value is -0.356. The van der Waals surface area contributed by atoms with E-state index in [-0.39, 0.29) is 0 Å². The first-order valence-corrected chi connectivity index (χ1v) is 12.2. The van der Waals surface area contributed by atoms with Gasteiger partial charge in [-0.05, 0) is 38.3 Å². The molecule has 0 saturated heterocycles. The van der Waals surface area contributed by atoms with Gasteiger partial charge in [0.25, 0.3) is 16.5 Å². The highest BCUT2D eigenvalue weighted by atomic mass is 28.3. The molecule has 4 heteroatoms. The molecule has 1 aromatic heterocycles. The van der Waals surface area contributed by atoms with E-state index in [0.717, 1.165) is 5.54 Å². The Labute approximate surface area is 96.1 Å². The minimum Gasteiger partial charge on any atom is -0.289 e. The van der Waals surface area contributed by atoms with Gasteiger partial charge in [0.1, 0.15) is 12.4 Å². The third-order valence-corrected chi connectivity index (χ3v) is 9.72. The van der Waals surface area contributed by atoms with Crippen LogP contribution >= 0.6 is 0 Å². The molecular weight excluding hydrogens is 216 g/mol. The highest BCUT2D eigenvalue weighted by Crippen LogP contribution is 2.16. The molecule has 0 saturated carbocycles. The maximum Gasteiger partial charge on any atom is 0.262 e. The van der Waals surface area contributed by atoms with Crippen molar-refractivity contribution in [3.05, 3.63) is 18.7 Å². The van der Waals surface area contributed by atoms with Crippen LogP contribution in [0.5, 0.6) is 0 Å². The standard InChI is InChI=1S/C11H25N2Si2/c1-11(2)15(6,7)13-9-8-12(10-13)14(3,4)5/h8-11H,1-7H3/q+1. The molecule has 0 amide bonds. The molecule has 0 aliphatic heterocycles. The topological polar surface area (TPSA) is 8.81 Å². The van der Waals surface area contributed by atoms with E-state index in [1.807, 2.05) is 0 Å². The molecule has 0 unspecified atom stereocenters. The summed E-state index contributed by atoms with van der Waals surface area (Å²) in [6.45, 7) is 16.7. The van der Waals surface area contributed by atoms with E-state index in [9.17, 15) is 0 Å². The van der Waals surface area contributed by atoms with Crippen LogP contribution < -0.4 is 4.23 Å². The highest BCUT2D eigenvalue weighted by molar-refractivity contribution is 6.74. The van der Waals surface area contributed by atoms with E-state index in [1.54, 1.807) is 0 Å². The number of hydrogen-bond donors (Lipinski definition) is 0. The fraction of sp³-hybridized carbons (Fsp3) is 0.727. The van der Waals surface area contributed by atoms with Crippen molar-refractivity contribution in [2.75, 3.05) is 0 Å². The lowest BCUT2D eigenvalue weighted by Gasteiger charge is -2.22. The van der Waals surface area contributed by atoms with Crippen molar-refractivity contribution in [3.63, 3.8) is 0 Å². The quantitative estimate of drug-likeness (QED) is 0.720. The van der Waals surface area contributed by atoms with Crippen molar-refractivity contribution in [1.29, 1.82) is 0 Å². The molecule has 0 aromatic carbocycles. The zero-order chi connectivity index (χ0) is 11.9. The van der Waals surface area contributed by atoms with Crippen LogP contribution in [-0.2, 0) is 0 Å². The number of nitrogens with zero attached hydrogens (tertiary/aromatic N) is 2. The Morgan fingerprint density at radius 3 is 1.93 bits per heavy atom. The van der Waals surface area contributed by atoms with Gasteiger partial charge in [0.2, 0.25) is 6.33 Å². The Kier molecular flexibility index (Phi) is 3.31. The Morgan fingerprint density at radius 1 is 1.07 bits per heavy atom. The van der Waals surface area contributed by atoms with Crippen LogP contribution in [0, 0.1) is 0 Å². The highest BCUT2D eigenvalue weighted by Gasteiger charge is 2.35. The smallest absolute Gasteiger partial charge is 0.262 e. The normalized spacial score (nSPS) is 13.6. The molecule has 1 aromatic rings. The molecule has 0 fully saturated rings. The molecule has 0 aliphatic carbocycles. The van der Waals surface area contributed by atoms with Crippen LogP contribution in [0.4, 0.5) is 0 Å². The minimum atomic E-state index is -1.30. The lowest BCUT2D eigenvalue weighted by Crippen LogP contribution is -2.61. The van der Waals surface area contributed by atoms with Crippen molar-refractivity contribution >= 4 is 16.5 Å². The maximum absolute atomic E-state index is 2.48. The average molecular weight is 242 g/mol. The maximum atomic E-state index is 2.48. The van der Waals surface area contributed by atoms with Crippen molar-refractivity contribution in [2.45, 2.75) is 52.1 Å². The van der Waals surface area contributed by atoms with Gasteiger partial charge in [-0.3, -0.25) is 8.47 Å². The number of aromatic nitrogens is 2. The Morgan fingerprint density at radius 2 is 1.60 bits per heavy atom. The van der Waals surface area contributed by atoms with Crippen LogP contribution in [0.15, 0.2) is 18.7 Å². The second-order valence-electron chi connectivity index (χ2n) is 6.21. The van der Waals surface area contributed by atoms with Crippen LogP contribution in [0.2, 0.25) is 38.3 Å². The van der Waals surface area contributed by atoms with E-state index in [0.29, 0.717) is 0 Å². The van der Waals surface area contributed by atoms with Crippen molar-refractivity contribution in [2.24, 2.45) is 0 Å². The third-order valence-electron chi connectivity index (χ3n) is 3.49. The van der Waals surface area contributed by atoms with Gasteiger partial charge in [-0.25, -0.2) is 0 Å². The van der Waals surface area contributed by atoms with E-state index < -0.39 is 16.5 Å². The zero-order valence-electron chi connectivity index (χ0n) is 11.2. The number of rotatable bonds is 3. The summed E-state index contributed by atoms with van der Waals surface area (Å²) in [5, 5.41) is 0. The molecular formula is C11H25N2Si2+. The molecule has 2 nitrogen and oxygen atoms in total. The lowest BCUT2D eigenvalue weighted by atomic mass is 10.6. The van der Waals surface area contributed by atoms with Gasteiger partial charge in [-0.15, -0.1) is 0 Å². The van der Waals surface area contributed by atoms with Gasteiger partial charge < -0.3 is 0 Å². The first-order chi connectivity index (χ1) is 6.65. The summed E-state index contributed by atoms with van der Waals surface area (Å²) in [6.07, 6.45) is 6.85. The van der Waals surface area contributed by atoms with Crippen LogP contribution in [0.1, 0.15) is 13.8 Å². The van der Waals surface area contributed by atoms with Crippen LogP contribution in [0.25, 0.3) is 0 Å². The first-order valence-electron chi connectivity index (χ1n) is 5.76. The van der Waals surface area contributed by atoms with E-state index >= 15 is 0 Å². The molecule has 0 spiro atoms. The largest absolute Gasteiger partial charge is 0.289 e. The van der Waals surface area contributed by atoms with Gasteiger partial charge in [-0.1, -0.05) is 13.8 Å². The predicted octanol–water partition coefficient (Wildman–Crippen LogP) is 2.92. The summed E-state index contributed by atoms with van der Waals surface area (Å²) in [4.78, 5) is 0. The summed E-state index contributed by atoms with van der Waals surface area (Å²) >= 11 is 0. The Bertz CT molecular complexity index is 335. The van der Waals surface area contributed by atoms with Gasteiger partial charge in [-0.2, -0.15) is 0 Å². The number of hydrogen-bond acceptors (Lipinski definition) is 0. The van der Waals surface area contributed by atoms with E-state index in [4.69, 9.17) is 0 Å². The van der Waals surface area contributed by atoms with Gasteiger partial charge >= 0.3 is 0 Å². The third kappa shape index (κ3) is 2.61. The first kappa shape index (κ1) is 12.7. The molecule has 1 heterocycles. The molecule has 0 bridgehead atoms.